The first-order valence-corrected chi connectivity index (χ1v) is 6.53. The van der Waals surface area contributed by atoms with Gasteiger partial charge in [0.15, 0.2) is 0 Å². The van der Waals surface area contributed by atoms with E-state index in [0.29, 0.717) is 0 Å². The minimum Gasteiger partial charge on any atom is -0.496 e. The van der Waals surface area contributed by atoms with Crippen LogP contribution in [0.25, 0.3) is 0 Å². The third-order valence-corrected chi connectivity index (χ3v) is 3.08. The summed E-state index contributed by atoms with van der Waals surface area (Å²) in [6.45, 7) is 0.972. The smallest absolute Gasteiger partial charge is 0.122 e. The summed E-state index contributed by atoms with van der Waals surface area (Å²) >= 11 is 0. The average Bonchev–Trinajstić information content (AvgIpc) is 2.39. The second kappa shape index (κ2) is 6.39. The van der Waals surface area contributed by atoms with Crippen molar-refractivity contribution in [1.82, 2.24) is 4.90 Å². The molecule has 0 aromatic heterocycles. The van der Waals surface area contributed by atoms with Crippen LogP contribution >= 0.6 is 0 Å². The van der Waals surface area contributed by atoms with E-state index in [1.165, 1.54) is 16.7 Å². The third-order valence-electron chi connectivity index (χ3n) is 3.08. The van der Waals surface area contributed by atoms with Crippen LogP contribution in [0.5, 0.6) is 5.75 Å². The van der Waals surface area contributed by atoms with E-state index in [0.717, 1.165) is 18.7 Å². The van der Waals surface area contributed by atoms with Crippen molar-refractivity contribution in [1.29, 1.82) is 0 Å². The number of hydrogen-bond donors (Lipinski definition) is 0. The Morgan fingerprint density at radius 3 is 2.42 bits per heavy atom. The lowest BCUT2D eigenvalue weighted by atomic mass is 10.0. The number of hydrogen-bond acceptors (Lipinski definition) is 2. The first kappa shape index (κ1) is 13.6. The van der Waals surface area contributed by atoms with Crippen LogP contribution in [0.2, 0.25) is 0 Å². The standard InChI is InChI=1S/C17H21NO/c1-18(2)13-15-8-6-7-14(11-15)12-16-9-4-5-10-17(16)19-3/h4-11H,12-13H2,1-3H3. The number of methoxy groups -OCH3 is 1. The maximum absolute atomic E-state index is 5.40. The quantitative estimate of drug-likeness (QED) is 0.812. The number of ether oxygens (including phenoxy) is 1. The van der Waals surface area contributed by atoms with Crippen molar-refractivity contribution in [3.8, 4) is 5.75 Å². The Morgan fingerprint density at radius 2 is 1.68 bits per heavy atom. The highest BCUT2D eigenvalue weighted by Crippen LogP contribution is 2.21. The lowest BCUT2D eigenvalue weighted by Crippen LogP contribution is -2.10. The normalized spacial score (nSPS) is 10.7. The van der Waals surface area contributed by atoms with E-state index in [1.54, 1.807) is 7.11 Å². The van der Waals surface area contributed by atoms with E-state index >= 15 is 0 Å². The molecule has 0 heterocycles. The van der Waals surface area contributed by atoms with Gasteiger partial charge in [0, 0.05) is 13.0 Å². The van der Waals surface area contributed by atoms with Gasteiger partial charge in [0.2, 0.25) is 0 Å². The van der Waals surface area contributed by atoms with Gasteiger partial charge in [-0.25, -0.2) is 0 Å². The highest BCUT2D eigenvalue weighted by molar-refractivity contribution is 5.38. The molecule has 2 aromatic rings. The predicted octanol–water partition coefficient (Wildman–Crippen LogP) is 3.35. The van der Waals surface area contributed by atoms with Crippen LogP contribution in [0.4, 0.5) is 0 Å². The van der Waals surface area contributed by atoms with Gasteiger partial charge in [0.05, 0.1) is 7.11 Å². The minimum absolute atomic E-state index is 0.908. The molecule has 0 spiro atoms. The third kappa shape index (κ3) is 3.83. The molecule has 0 N–H and O–H groups in total. The van der Waals surface area contributed by atoms with Crippen LogP contribution in [0, 0.1) is 0 Å². The van der Waals surface area contributed by atoms with Gasteiger partial charge in [0.25, 0.3) is 0 Å². The number of benzene rings is 2. The highest BCUT2D eigenvalue weighted by Gasteiger charge is 2.04. The SMILES string of the molecule is COc1ccccc1Cc1cccc(CN(C)C)c1. The summed E-state index contributed by atoms with van der Waals surface area (Å²) in [7, 11) is 5.90. The van der Waals surface area contributed by atoms with Gasteiger partial charge in [-0.05, 0) is 36.9 Å². The average molecular weight is 255 g/mol. The van der Waals surface area contributed by atoms with Crippen molar-refractivity contribution in [3.63, 3.8) is 0 Å². The fourth-order valence-corrected chi connectivity index (χ4v) is 2.27. The highest BCUT2D eigenvalue weighted by atomic mass is 16.5. The van der Waals surface area contributed by atoms with Gasteiger partial charge in [-0.2, -0.15) is 0 Å². The second-order valence-corrected chi connectivity index (χ2v) is 5.05. The summed E-state index contributed by atoms with van der Waals surface area (Å²) in [5.41, 5.74) is 3.90. The topological polar surface area (TPSA) is 12.5 Å². The molecule has 19 heavy (non-hydrogen) atoms. The lowest BCUT2D eigenvalue weighted by Gasteiger charge is -2.12. The zero-order valence-electron chi connectivity index (χ0n) is 11.9. The molecule has 0 aliphatic carbocycles. The number of nitrogens with zero attached hydrogens (tertiary/aromatic N) is 1. The molecule has 0 atom stereocenters. The first-order chi connectivity index (χ1) is 9.19. The van der Waals surface area contributed by atoms with Crippen molar-refractivity contribution in [2.24, 2.45) is 0 Å². The molecule has 0 amide bonds. The molecule has 0 saturated carbocycles. The molecule has 0 bridgehead atoms. The van der Waals surface area contributed by atoms with Gasteiger partial charge in [0.1, 0.15) is 5.75 Å². The maximum Gasteiger partial charge on any atom is 0.122 e. The van der Waals surface area contributed by atoms with Crippen molar-refractivity contribution >= 4 is 0 Å². The maximum atomic E-state index is 5.40. The molecule has 2 heteroatoms. The largest absolute Gasteiger partial charge is 0.496 e. The molecule has 0 saturated heterocycles. The van der Waals surface area contributed by atoms with Crippen LogP contribution in [-0.2, 0) is 13.0 Å². The molecule has 0 radical (unpaired) electrons. The van der Waals surface area contributed by atoms with Gasteiger partial charge in [-0.3, -0.25) is 0 Å². The molecule has 0 fully saturated rings. The van der Waals surface area contributed by atoms with Crippen LogP contribution < -0.4 is 4.74 Å². The Labute approximate surface area is 115 Å². The van der Waals surface area contributed by atoms with Crippen LogP contribution in [0.15, 0.2) is 48.5 Å². The summed E-state index contributed by atoms with van der Waals surface area (Å²) in [5, 5.41) is 0. The molecular formula is C17H21NO. The summed E-state index contributed by atoms with van der Waals surface area (Å²) in [6.07, 6.45) is 0.908. The lowest BCUT2D eigenvalue weighted by molar-refractivity contribution is 0.402. The van der Waals surface area contributed by atoms with E-state index in [-0.39, 0.29) is 0 Å². The van der Waals surface area contributed by atoms with Crippen molar-refractivity contribution in [2.75, 3.05) is 21.2 Å². The van der Waals surface area contributed by atoms with Crippen molar-refractivity contribution in [2.45, 2.75) is 13.0 Å². The van der Waals surface area contributed by atoms with Gasteiger partial charge >= 0.3 is 0 Å². The summed E-state index contributed by atoms with van der Waals surface area (Å²) in [6, 6.07) is 16.9. The fourth-order valence-electron chi connectivity index (χ4n) is 2.27. The molecule has 2 nitrogen and oxygen atoms in total. The van der Waals surface area contributed by atoms with E-state index in [1.807, 2.05) is 12.1 Å². The first-order valence-electron chi connectivity index (χ1n) is 6.53. The van der Waals surface area contributed by atoms with E-state index in [4.69, 9.17) is 4.74 Å². The second-order valence-electron chi connectivity index (χ2n) is 5.05. The van der Waals surface area contributed by atoms with Crippen molar-refractivity contribution in [3.05, 3.63) is 65.2 Å². The molecule has 2 rings (SSSR count). The van der Waals surface area contributed by atoms with Gasteiger partial charge < -0.3 is 9.64 Å². The van der Waals surface area contributed by atoms with E-state index in [2.05, 4.69) is 55.4 Å². The van der Waals surface area contributed by atoms with Gasteiger partial charge in [-0.15, -0.1) is 0 Å². The van der Waals surface area contributed by atoms with Crippen LogP contribution in [-0.4, -0.2) is 26.1 Å². The molecule has 0 aliphatic heterocycles. The van der Waals surface area contributed by atoms with Gasteiger partial charge in [-0.1, -0.05) is 42.5 Å². The fraction of sp³-hybridized carbons (Fsp3) is 0.294. The summed E-state index contributed by atoms with van der Waals surface area (Å²) in [5.74, 6) is 0.959. The molecule has 0 aliphatic rings. The summed E-state index contributed by atoms with van der Waals surface area (Å²) in [4.78, 5) is 2.18. The molecular weight excluding hydrogens is 234 g/mol. The molecule has 100 valence electrons. The zero-order valence-corrected chi connectivity index (χ0v) is 11.9. The predicted molar refractivity (Wildman–Crippen MR) is 79.6 cm³/mol. The Morgan fingerprint density at radius 1 is 0.947 bits per heavy atom. The van der Waals surface area contributed by atoms with E-state index < -0.39 is 0 Å². The van der Waals surface area contributed by atoms with Crippen LogP contribution in [0.1, 0.15) is 16.7 Å². The Bertz CT molecular complexity index is 534. The van der Waals surface area contributed by atoms with Crippen LogP contribution in [0.3, 0.4) is 0 Å². The zero-order chi connectivity index (χ0) is 13.7. The molecule has 2 aromatic carbocycles. The van der Waals surface area contributed by atoms with Crippen molar-refractivity contribution < 1.29 is 4.74 Å². The monoisotopic (exact) mass is 255 g/mol. The molecule has 0 unspecified atom stereocenters. The Kier molecular flexibility index (Phi) is 4.58. The number of para-hydroxylation sites is 1. The van der Waals surface area contributed by atoms with E-state index in [9.17, 15) is 0 Å². The Balaban J connectivity index is 2.18. The Hall–Kier alpha value is -1.80. The summed E-state index contributed by atoms with van der Waals surface area (Å²) < 4.78 is 5.40. The minimum atomic E-state index is 0.908. The number of rotatable bonds is 5.